The predicted octanol–water partition coefficient (Wildman–Crippen LogP) is 0.640. The van der Waals surface area contributed by atoms with Crippen molar-refractivity contribution in [1.82, 2.24) is 4.98 Å². The van der Waals surface area contributed by atoms with E-state index in [4.69, 9.17) is 9.47 Å². The molecule has 0 radical (unpaired) electrons. The average Bonchev–Trinajstić information content (AvgIpc) is 2.55. The molecule has 0 spiro atoms. The normalized spacial score (nSPS) is 13.1. The third-order valence-electron chi connectivity index (χ3n) is 3.28. The fourth-order valence-electron chi connectivity index (χ4n) is 2.18. The van der Waals surface area contributed by atoms with E-state index in [2.05, 4.69) is 10.1 Å². The molecule has 1 N–H and O–H groups in total. The topological polar surface area (TPSA) is 67.2 Å². The Morgan fingerprint density at radius 2 is 2.00 bits per heavy atom. The van der Waals surface area contributed by atoms with Gasteiger partial charge in [-0.15, -0.1) is 0 Å². The van der Waals surface area contributed by atoms with E-state index in [0.29, 0.717) is 11.7 Å². The lowest BCUT2D eigenvalue weighted by molar-refractivity contribution is 0.398. The molecule has 1 aliphatic heterocycles. The molecule has 2 aromatic rings. The summed E-state index contributed by atoms with van der Waals surface area (Å²) in [4.78, 5) is 5.72. The summed E-state index contributed by atoms with van der Waals surface area (Å²) < 4.78 is 10.3. The van der Waals surface area contributed by atoms with E-state index in [0.717, 1.165) is 16.8 Å². The number of pyridine rings is 1. The lowest BCUT2D eigenvalue weighted by Crippen LogP contribution is -2.50. The van der Waals surface area contributed by atoms with Crippen molar-refractivity contribution in [2.75, 3.05) is 19.1 Å². The Kier molecular flexibility index (Phi) is 3.49. The molecule has 0 saturated carbocycles. The van der Waals surface area contributed by atoms with Gasteiger partial charge in [0.2, 0.25) is 5.88 Å². The van der Waals surface area contributed by atoms with Crippen molar-refractivity contribution in [3.8, 4) is 11.6 Å². The van der Waals surface area contributed by atoms with Crippen LogP contribution in [0.4, 0.5) is 5.82 Å². The molecule has 0 atom stereocenters. The van der Waals surface area contributed by atoms with Gasteiger partial charge < -0.3 is 14.5 Å². The first-order valence-electron chi connectivity index (χ1n) is 6.43. The quantitative estimate of drug-likeness (QED) is 0.837. The van der Waals surface area contributed by atoms with Gasteiger partial charge in [0.15, 0.2) is 0 Å². The van der Waals surface area contributed by atoms with Crippen LogP contribution in [0.1, 0.15) is 5.56 Å². The van der Waals surface area contributed by atoms with E-state index < -0.39 is 7.05 Å². The van der Waals surface area contributed by atoms with Crippen molar-refractivity contribution in [3.63, 3.8) is 0 Å². The van der Waals surface area contributed by atoms with Crippen molar-refractivity contribution in [1.29, 1.82) is 0 Å². The first-order valence-corrected chi connectivity index (χ1v) is 6.43. The molecule has 0 bridgehead atoms. The molecule has 2 heterocycles. The van der Waals surface area contributed by atoms with Gasteiger partial charge in [0.05, 0.1) is 20.4 Å². The minimum atomic E-state index is -0.907. The van der Waals surface area contributed by atoms with E-state index in [9.17, 15) is 5.02 Å². The summed E-state index contributed by atoms with van der Waals surface area (Å²) >= 11 is 0. The molecule has 1 aromatic carbocycles. The van der Waals surface area contributed by atoms with Crippen LogP contribution in [0.15, 0.2) is 41.5 Å². The molecular formula is C14H14BN3O3. The number of hydrogen-bond donors (Lipinski definition) is 1. The zero-order valence-electron chi connectivity index (χ0n) is 11.7. The highest BCUT2D eigenvalue weighted by Crippen LogP contribution is 2.20. The highest BCUT2D eigenvalue weighted by atomic mass is 16.5. The second kappa shape index (κ2) is 5.45. The smallest absolute Gasteiger partial charge is 0.473 e. The number of rotatable bonds is 3. The maximum atomic E-state index is 10.5. The van der Waals surface area contributed by atoms with Gasteiger partial charge in [0, 0.05) is 6.07 Å². The van der Waals surface area contributed by atoms with E-state index in [1.807, 2.05) is 12.1 Å². The van der Waals surface area contributed by atoms with E-state index in [1.165, 1.54) is 4.92 Å². The fraction of sp³-hybridized carbons (Fsp3) is 0.143. The molecular weight excluding hydrogens is 269 g/mol. The molecule has 106 valence electrons. The van der Waals surface area contributed by atoms with Crippen LogP contribution >= 0.6 is 0 Å². The molecule has 21 heavy (non-hydrogen) atoms. The standard InChI is InChI=1S/C14H14BN3O3/c1-20-11-6-7-12-10(8-11)9-16-18(15(12)19)13-4-3-5-14(17-13)21-2/h3-9,19H,1-2H3. The number of ether oxygens (including phenoxy) is 2. The molecule has 3 rings (SSSR count). The van der Waals surface area contributed by atoms with Gasteiger partial charge in [-0.3, -0.25) is 4.92 Å². The van der Waals surface area contributed by atoms with Gasteiger partial charge in [0.25, 0.3) is 0 Å². The molecule has 1 aliphatic rings. The van der Waals surface area contributed by atoms with Crippen LogP contribution in [0.5, 0.6) is 11.6 Å². The Bertz CT molecular complexity index is 693. The van der Waals surface area contributed by atoms with Crippen LogP contribution in [-0.2, 0) is 0 Å². The van der Waals surface area contributed by atoms with Gasteiger partial charge in [-0.2, -0.15) is 10.1 Å². The molecule has 1 aromatic heterocycles. The van der Waals surface area contributed by atoms with E-state index in [1.54, 1.807) is 44.7 Å². The number of hydrazone groups is 1. The molecule has 0 unspecified atom stereocenters. The first kappa shape index (κ1) is 13.4. The SMILES string of the molecule is COc1ccc2c(c1)C=NN(c1cccc(OC)n1)B2O. The second-order valence-electron chi connectivity index (χ2n) is 4.50. The van der Waals surface area contributed by atoms with Crippen LogP contribution in [0.2, 0.25) is 0 Å². The summed E-state index contributed by atoms with van der Waals surface area (Å²) in [5.74, 6) is 1.70. The molecule has 0 saturated heterocycles. The van der Waals surface area contributed by atoms with Crippen LogP contribution in [0.25, 0.3) is 0 Å². The third-order valence-corrected chi connectivity index (χ3v) is 3.28. The Morgan fingerprint density at radius 3 is 2.76 bits per heavy atom. The zero-order valence-corrected chi connectivity index (χ0v) is 11.7. The largest absolute Gasteiger partial charge is 0.497 e. The maximum absolute atomic E-state index is 10.5. The molecule has 0 amide bonds. The summed E-state index contributed by atoms with van der Waals surface area (Å²) in [7, 11) is 2.24. The summed E-state index contributed by atoms with van der Waals surface area (Å²) in [5, 5.41) is 14.7. The van der Waals surface area contributed by atoms with Crippen molar-refractivity contribution in [2.45, 2.75) is 0 Å². The molecule has 7 heteroatoms. The summed E-state index contributed by atoms with van der Waals surface area (Å²) in [6.45, 7) is 0. The lowest BCUT2D eigenvalue weighted by atomic mass is 9.69. The minimum Gasteiger partial charge on any atom is -0.497 e. The van der Waals surface area contributed by atoms with Crippen molar-refractivity contribution >= 4 is 24.5 Å². The Hall–Kier alpha value is -2.54. The Balaban J connectivity index is 1.97. The fourth-order valence-corrected chi connectivity index (χ4v) is 2.18. The average molecular weight is 283 g/mol. The predicted molar refractivity (Wildman–Crippen MR) is 81.5 cm³/mol. The highest BCUT2D eigenvalue weighted by Gasteiger charge is 2.31. The van der Waals surface area contributed by atoms with Gasteiger partial charge in [-0.25, -0.2) is 0 Å². The number of hydrogen-bond acceptors (Lipinski definition) is 6. The zero-order chi connectivity index (χ0) is 14.8. The van der Waals surface area contributed by atoms with Crippen molar-refractivity contribution in [2.24, 2.45) is 5.10 Å². The number of aromatic nitrogens is 1. The summed E-state index contributed by atoms with van der Waals surface area (Å²) in [6.07, 6.45) is 1.67. The second-order valence-corrected chi connectivity index (χ2v) is 4.50. The van der Waals surface area contributed by atoms with Gasteiger partial charge in [-0.1, -0.05) is 12.1 Å². The summed E-state index contributed by atoms with van der Waals surface area (Å²) in [6, 6.07) is 10.8. The van der Waals surface area contributed by atoms with Gasteiger partial charge >= 0.3 is 7.05 Å². The third kappa shape index (κ3) is 2.43. The van der Waals surface area contributed by atoms with Crippen molar-refractivity contribution < 1.29 is 14.5 Å². The minimum absolute atomic E-state index is 0.468. The van der Waals surface area contributed by atoms with Crippen LogP contribution in [-0.4, -0.2) is 37.5 Å². The first-order chi connectivity index (χ1) is 10.2. The Labute approximate surface area is 122 Å². The van der Waals surface area contributed by atoms with Crippen LogP contribution < -0.4 is 19.9 Å². The highest BCUT2D eigenvalue weighted by molar-refractivity contribution is 6.71. The number of anilines is 1. The van der Waals surface area contributed by atoms with Crippen LogP contribution in [0.3, 0.4) is 0 Å². The number of benzene rings is 1. The lowest BCUT2D eigenvalue weighted by Gasteiger charge is -2.26. The number of fused-ring (bicyclic) bond motifs is 1. The van der Waals surface area contributed by atoms with Crippen LogP contribution in [0, 0.1) is 0 Å². The maximum Gasteiger partial charge on any atom is 0.473 e. The molecule has 6 nitrogen and oxygen atoms in total. The van der Waals surface area contributed by atoms with Crippen molar-refractivity contribution in [3.05, 3.63) is 42.0 Å². The van der Waals surface area contributed by atoms with E-state index >= 15 is 0 Å². The Morgan fingerprint density at radius 1 is 1.14 bits per heavy atom. The van der Waals surface area contributed by atoms with Gasteiger partial charge in [0.1, 0.15) is 11.6 Å². The molecule has 0 fully saturated rings. The summed E-state index contributed by atoms with van der Waals surface area (Å²) in [5.41, 5.74) is 1.57. The van der Waals surface area contributed by atoms with Gasteiger partial charge in [-0.05, 0) is 29.2 Å². The monoisotopic (exact) mass is 283 g/mol. The van der Waals surface area contributed by atoms with E-state index in [-0.39, 0.29) is 0 Å². The number of methoxy groups -OCH3 is 2. The molecule has 0 aliphatic carbocycles. The number of nitrogens with zero attached hydrogens (tertiary/aromatic N) is 3.